The lowest BCUT2D eigenvalue weighted by atomic mass is 9.74. The molecule has 1 aromatic carbocycles. The Morgan fingerprint density at radius 1 is 1.13 bits per heavy atom. The molecule has 0 aromatic heterocycles. The monoisotopic (exact) mass is 528 g/mol. The highest BCUT2D eigenvalue weighted by Gasteiger charge is 2.44. The summed E-state index contributed by atoms with van der Waals surface area (Å²) in [6, 6.07) is 3.46. The van der Waals surface area contributed by atoms with Crippen LogP contribution in [0.5, 0.6) is 0 Å². The fourth-order valence-corrected chi connectivity index (χ4v) is 5.82. The van der Waals surface area contributed by atoms with Crippen molar-refractivity contribution >= 4 is 29.2 Å². The van der Waals surface area contributed by atoms with Crippen molar-refractivity contribution in [2.45, 2.75) is 97.8 Å². The van der Waals surface area contributed by atoms with Gasteiger partial charge in [-0.2, -0.15) is 0 Å². The van der Waals surface area contributed by atoms with Crippen molar-refractivity contribution < 1.29 is 19.1 Å². The van der Waals surface area contributed by atoms with E-state index >= 15 is 0 Å². The van der Waals surface area contributed by atoms with E-state index in [-0.39, 0.29) is 35.2 Å². The number of benzene rings is 1. The number of ether oxygens (including phenoxy) is 1. The molecule has 1 saturated heterocycles. The van der Waals surface area contributed by atoms with Crippen LogP contribution in [-0.4, -0.2) is 46.9 Å². The van der Waals surface area contributed by atoms with Gasteiger partial charge in [-0.3, -0.25) is 9.59 Å². The minimum atomic E-state index is -1.27. The molecule has 4 atom stereocenters. The summed E-state index contributed by atoms with van der Waals surface area (Å²) in [5.41, 5.74) is -0.881. The molecule has 1 saturated carbocycles. The number of esters is 1. The molecule has 0 bridgehead atoms. The topological polar surface area (TPSA) is 135 Å². The first-order valence-electron chi connectivity index (χ1n) is 13.4. The molecule has 208 valence electrons. The number of hydrogen-bond donors (Lipinski definition) is 1. The summed E-state index contributed by atoms with van der Waals surface area (Å²) >= 11 is 0. The van der Waals surface area contributed by atoms with Crippen molar-refractivity contribution in [3.8, 4) is 0 Å². The maximum Gasteiger partial charge on any atom is 0.329 e. The molecule has 3 rings (SSSR count). The van der Waals surface area contributed by atoms with E-state index in [4.69, 9.17) is 4.74 Å². The van der Waals surface area contributed by atoms with E-state index in [2.05, 4.69) is 36.4 Å². The second-order valence-electron chi connectivity index (χ2n) is 12.0. The molecule has 0 spiro atoms. The quantitative estimate of drug-likeness (QED) is 0.323. The number of carbonyl (C=O) groups excluding carboxylic acids is 3. The Labute approximate surface area is 224 Å². The van der Waals surface area contributed by atoms with Gasteiger partial charge in [-0.15, -0.1) is 9.81 Å². The Kier molecular flexibility index (Phi) is 9.05. The molecule has 1 aromatic rings. The van der Waals surface area contributed by atoms with Crippen LogP contribution in [-0.2, 0) is 25.5 Å². The Balaban J connectivity index is 1.59. The fourth-order valence-electron chi connectivity index (χ4n) is 5.82. The number of likely N-dealkylation sites (tertiary alicyclic amines) is 1. The summed E-state index contributed by atoms with van der Waals surface area (Å²) in [5.74, 6) is -0.0915. The van der Waals surface area contributed by atoms with E-state index in [0.717, 1.165) is 12.8 Å². The SMILES string of the molecule is CC(CC1CCC(C)C1(C)C)OC(=O)C1CCCN1C(=O)C(C)(C)NC(=O)Cc1ccc(N=O)c(N=O)c1. The predicted octanol–water partition coefficient (Wildman–Crippen LogP) is 5.30. The van der Waals surface area contributed by atoms with Crippen LogP contribution in [0.15, 0.2) is 28.6 Å². The van der Waals surface area contributed by atoms with Gasteiger partial charge in [0.05, 0.1) is 12.5 Å². The zero-order valence-corrected chi connectivity index (χ0v) is 23.3. The maximum absolute atomic E-state index is 13.4. The van der Waals surface area contributed by atoms with Gasteiger partial charge < -0.3 is 15.0 Å². The molecule has 1 heterocycles. The van der Waals surface area contributed by atoms with Crippen molar-refractivity contribution in [1.29, 1.82) is 0 Å². The standard InChI is InChI=1S/C28H40N4O6/c1-17-9-11-20(27(17,3)4)14-18(2)38-25(34)23-8-7-13-32(23)26(35)28(5,6)29-24(33)16-19-10-12-21(30-36)22(15-19)31-37/h10,12,15,17-18,20,23H,7-9,11,13-14,16H2,1-6H3,(H,29,33). The predicted molar refractivity (Wildman–Crippen MR) is 144 cm³/mol. The van der Waals surface area contributed by atoms with E-state index in [9.17, 15) is 24.2 Å². The highest BCUT2D eigenvalue weighted by molar-refractivity contribution is 5.94. The summed E-state index contributed by atoms with van der Waals surface area (Å²) < 4.78 is 5.83. The Hall–Kier alpha value is -3.17. The minimum absolute atomic E-state index is 0.109. The molecule has 10 heteroatoms. The van der Waals surface area contributed by atoms with Crippen molar-refractivity contribution in [3.05, 3.63) is 33.6 Å². The largest absolute Gasteiger partial charge is 0.461 e. The van der Waals surface area contributed by atoms with Crippen LogP contribution in [0.1, 0.15) is 79.2 Å². The first-order chi connectivity index (χ1) is 17.8. The number of nitrogens with one attached hydrogen (secondary N) is 1. The smallest absolute Gasteiger partial charge is 0.329 e. The first-order valence-corrected chi connectivity index (χ1v) is 13.4. The van der Waals surface area contributed by atoms with Gasteiger partial charge in [0.2, 0.25) is 11.8 Å². The molecule has 0 radical (unpaired) electrons. The van der Waals surface area contributed by atoms with E-state index in [0.29, 0.717) is 36.8 Å². The highest BCUT2D eigenvalue weighted by Crippen LogP contribution is 2.49. The van der Waals surface area contributed by atoms with Crippen molar-refractivity contribution in [1.82, 2.24) is 10.2 Å². The summed E-state index contributed by atoms with van der Waals surface area (Å²) in [6.45, 7) is 12.4. The maximum atomic E-state index is 13.4. The third-order valence-electron chi connectivity index (χ3n) is 8.58. The van der Waals surface area contributed by atoms with E-state index in [1.807, 2.05) is 6.92 Å². The number of amides is 2. The molecular formula is C28H40N4O6. The lowest BCUT2D eigenvalue weighted by molar-refractivity contribution is -0.159. The minimum Gasteiger partial charge on any atom is -0.461 e. The van der Waals surface area contributed by atoms with Crippen LogP contribution >= 0.6 is 0 Å². The summed E-state index contributed by atoms with van der Waals surface area (Å²) in [6.07, 6.45) is 3.94. The molecule has 2 amide bonds. The van der Waals surface area contributed by atoms with E-state index in [1.54, 1.807) is 13.8 Å². The zero-order valence-electron chi connectivity index (χ0n) is 23.3. The van der Waals surface area contributed by atoms with Gasteiger partial charge in [-0.05, 0) is 98.2 Å². The molecule has 2 aliphatic rings. The van der Waals surface area contributed by atoms with Crippen molar-refractivity contribution in [2.24, 2.45) is 27.6 Å². The second kappa shape index (κ2) is 11.7. The molecule has 10 nitrogen and oxygen atoms in total. The lowest BCUT2D eigenvalue weighted by Gasteiger charge is -2.34. The average Bonchev–Trinajstić information content (AvgIpc) is 3.43. The molecular weight excluding hydrogens is 488 g/mol. The zero-order chi connectivity index (χ0) is 28.3. The normalized spacial score (nSPS) is 23.5. The van der Waals surface area contributed by atoms with Gasteiger partial charge >= 0.3 is 5.97 Å². The van der Waals surface area contributed by atoms with Gasteiger partial charge in [-0.1, -0.05) is 26.8 Å². The van der Waals surface area contributed by atoms with E-state index in [1.165, 1.54) is 29.5 Å². The van der Waals surface area contributed by atoms with Gasteiger partial charge in [0.15, 0.2) is 0 Å². The third kappa shape index (κ3) is 6.45. The number of hydrogen-bond acceptors (Lipinski definition) is 8. The summed E-state index contributed by atoms with van der Waals surface area (Å²) in [5, 5.41) is 8.23. The van der Waals surface area contributed by atoms with Crippen molar-refractivity contribution in [3.63, 3.8) is 0 Å². The van der Waals surface area contributed by atoms with Gasteiger partial charge in [-0.25, -0.2) is 4.79 Å². The van der Waals surface area contributed by atoms with Gasteiger partial charge in [0.1, 0.15) is 23.0 Å². The Morgan fingerprint density at radius 3 is 2.42 bits per heavy atom. The molecule has 1 aliphatic carbocycles. The number of carbonyl (C=O) groups is 3. The molecule has 38 heavy (non-hydrogen) atoms. The number of nitrogens with zero attached hydrogens (tertiary/aromatic N) is 3. The molecule has 4 unspecified atom stereocenters. The van der Waals surface area contributed by atoms with E-state index < -0.39 is 23.5 Å². The second-order valence-corrected chi connectivity index (χ2v) is 12.0. The van der Waals surface area contributed by atoms with Crippen LogP contribution in [0.2, 0.25) is 0 Å². The van der Waals surface area contributed by atoms with Crippen LogP contribution < -0.4 is 5.32 Å². The van der Waals surface area contributed by atoms with Crippen LogP contribution in [0.3, 0.4) is 0 Å². The Morgan fingerprint density at radius 2 is 1.82 bits per heavy atom. The lowest BCUT2D eigenvalue weighted by Crippen LogP contribution is -2.58. The van der Waals surface area contributed by atoms with Crippen LogP contribution in [0, 0.1) is 27.1 Å². The van der Waals surface area contributed by atoms with Crippen LogP contribution in [0.4, 0.5) is 11.4 Å². The summed E-state index contributed by atoms with van der Waals surface area (Å²) in [7, 11) is 0. The van der Waals surface area contributed by atoms with Crippen molar-refractivity contribution in [2.75, 3.05) is 6.54 Å². The Bertz CT molecular complexity index is 1090. The van der Waals surface area contributed by atoms with Gasteiger partial charge in [0, 0.05) is 6.54 Å². The average molecular weight is 529 g/mol. The first kappa shape index (κ1) is 29.4. The van der Waals surface area contributed by atoms with Crippen LogP contribution in [0.25, 0.3) is 0 Å². The van der Waals surface area contributed by atoms with Gasteiger partial charge in [0.25, 0.3) is 0 Å². The molecule has 1 aliphatic heterocycles. The molecule has 1 N–H and O–H groups in total. The third-order valence-corrected chi connectivity index (χ3v) is 8.58. The molecule has 2 fully saturated rings. The number of rotatable bonds is 10. The highest BCUT2D eigenvalue weighted by atomic mass is 16.5. The summed E-state index contributed by atoms with van der Waals surface area (Å²) in [4.78, 5) is 62.5. The number of nitroso groups, excluding NO2 is 2. The fraction of sp³-hybridized carbons (Fsp3) is 0.679.